The minimum Gasteiger partial charge on any atom is -0.481 e. The van der Waals surface area contributed by atoms with E-state index in [9.17, 15) is 19.5 Å². The van der Waals surface area contributed by atoms with Gasteiger partial charge in [0.05, 0.1) is 12.0 Å². The lowest BCUT2D eigenvalue weighted by atomic mass is 9.76. The van der Waals surface area contributed by atoms with Crippen molar-refractivity contribution < 1.29 is 19.5 Å². The molecule has 0 aromatic rings. The molecule has 1 heterocycles. The van der Waals surface area contributed by atoms with E-state index in [-0.39, 0.29) is 24.3 Å². The summed E-state index contributed by atoms with van der Waals surface area (Å²) >= 11 is 0. The Hall–Kier alpha value is -1.63. The van der Waals surface area contributed by atoms with Gasteiger partial charge < -0.3 is 5.11 Å². The Labute approximate surface area is 112 Å². The molecular weight excluding hydrogens is 250 g/mol. The Morgan fingerprint density at radius 1 is 1.32 bits per heavy atom. The highest BCUT2D eigenvalue weighted by molar-refractivity contribution is 5.82. The van der Waals surface area contributed by atoms with Crippen molar-refractivity contribution >= 4 is 17.8 Å². The molecule has 0 aromatic carbocycles. The van der Waals surface area contributed by atoms with Crippen molar-refractivity contribution in [3.05, 3.63) is 0 Å². The summed E-state index contributed by atoms with van der Waals surface area (Å²) in [5.41, 5.74) is 3.69. The lowest BCUT2D eigenvalue weighted by Crippen LogP contribution is -2.46. The molecule has 1 aliphatic rings. The molecule has 19 heavy (non-hydrogen) atoms. The van der Waals surface area contributed by atoms with E-state index < -0.39 is 11.4 Å². The third kappa shape index (κ3) is 3.66. The Balaban J connectivity index is 2.54. The summed E-state index contributed by atoms with van der Waals surface area (Å²) in [6.07, 6.45) is 0.535. The molecule has 1 atom stereocenters. The van der Waals surface area contributed by atoms with Gasteiger partial charge in [-0.3, -0.25) is 30.1 Å². The molecule has 0 aliphatic carbocycles. The Morgan fingerprint density at radius 2 is 1.95 bits per heavy atom. The van der Waals surface area contributed by atoms with E-state index in [1.54, 1.807) is 4.90 Å². The van der Waals surface area contributed by atoms with Crippen LogP contribution in [0.1, 0.15) is 27.2 Å². The smallest absolute Gasteiger partial charge is 0.311 e. The van der Waals surface area contributed by atoms with Crippen LogP contribution in [-0.4, -0.2) is 47.4 Å². The molecular formula is C12H21N3O4. The number of nitrogens with one attached hydrogen (secondary N) is 2. The van der Waals surface area contributed by atoms with Crippen LogP contribution in [0.2, 0.25) is 0 Å². The van der Waals surface area contributed by atoms with Crippen molar-refractivity contribution in [2.75, 3.05) is 19.6 Å². The molecule has 1 unspecified atom stereocenters. The van der Waals surface area contributed by atoms with Gasteiger partial charge in [0.25, 0.3) is 5.91 Å². The maximum absolute atomic E-state index is 11.5. The maximum atomic E-state index is 11.5. The maximum Gasteiger partial charge on any atom is 0.311 e. The standard InChI is InChI=1S/C12H21N3O4/c1-8(2)12(11(18)19)4-5-15(7-12)6-10(17)14-13-9(3)16/h8H,4-7H2,1-3H3,(H,13,16)(H,14,17)(H,18,19). The van der Waals surface area contributed by atoms with Crippen LogP contribution in [0.15, 0.2) is 0 Å². The van der Waals surface area contributed by atoms with Crippen LogP contribution in [0.3, 0.4) is 0 Å². The topological polar surface area (TPSA) is 98.7 Å². The summed E-state index contributed by atoms with van der Waals surface area (Å²) in [7, 11) is 0. The van der Waals surface area contributed by atoms with Gasteiger partial charge in [-0.25, -0.2) is 0 Å². The lowest BCUT2D eigenvalue weighted by Gasteiger charge is -2.28. The number of hydrazine groups is 1. The lowest BCUT2D eigenvalue weighted by molar-refractivity contribution is -0.151. The predicted molar refractivity (Wildman–Crippen MR) is 67.9 cm³/mol. The number of carbonyl (C=O) groups is 3. The van der Waals surface area contributed by atoms with E-state index in [0.29, 0.717) is 19.5 Å². The van der Waals surface area contributed by atoms with Gasteiger partial charge in [-0.2, -0.15) is 0 Å². The summed E-state index contributed by atoms with van der Waals surface area (Å²) in [6.45, 7) is 6.07. The van der Waals surface area contributed by atoms with Gasteiger partial charge in [0, 0.05) is 13.5 Å². The molecule has 0 saturated carbocycles. The summed E-state index contributed by atoms with van der Waals surface area (Å²) in [5.74, 6) is -1.50. The molecule has 108 valence electrons. The second-order valence-electron chi connectivity index (χ2n) is 5.31. The molecule has 3 N–H and O–H groups in total. The SMILES string of the molecule is CC(=O)NNC(=O)CN1CCC(C(=O)O)(C(C)C)C1. The fraction of sp³-hybridized carbons (Fsp3) is 0.750. The van der Waals surface area contributed by atoms with Crippen molar-refractivity contribution in [1.82, 2.24) is 15.8 Å². The minimum absolute atomic E-state index is 0.00778. The number of aliphatic carboxylic acids is 1. The minimum atomic E-state index is -0.813. The quantitative estimate of drug-likeness (QED) is 0.604. The number of hydrogen-bond donors (Lipinski definition) is 3. The molecule has 0 aromatic heterocycles. The number of amides is 2. The van der Waals surface area contributed by atoms with Crippen LogP contribution in [0.4, 0.5) is 0 Å². The van der Waals surface area contributed by atoms with E-state index in [0.717, 1.165) is 0 Å². The molecule has 2 amide bonds. The molecule has 1 fully saturated rings. The van der Waals surface area contributed by atoms with E-state index in [1.165, 1.54) is 6.92 Å². The number of carboxylic acid groups (broad SMARTS) is 1. The van der Waals surface area contributed by atoms with Crippen molar-refractivity contribution in [2.45, 2.75) is 27.2 Å². The van der Waals surface area contributed by atoms with Crippen LogP contribution >= 0.6 is 0 Å². The monoisotopic (exact) mass is 271 g/mol. The summed E-state index contributed by atoms with van der Waals surface area (Å²) in [6, 6.07) is 0. The first-order chi connectivity index (χ1) is 8.78. The first-order valence-corrected chi connectivity index (χ1v) is 6.29. The highest BCUT2D eigenvalue weighted by atomic mass is 16.4. The zero-order chi connectivity index (χ0) is 14.6. The second-order valence-corrected chi connectivity index (χ2v) is 5.31. The van der Waals surface area contributed by atoms with E-state index in [1.807, 2.05) is 13.8 Å². The van der Waals surface area contributed by atoms with Crippen LogP contribution in [0.5, 0.6) is 0 Å². The molecule has 1 aliphatic heterocycles. The number of rotatable bonds is 4. The van der Waals surface area contributed by atoms with Gasteiger partial charge in [-0.15, -0.1) is 0 Å². The third-order valence-corrected chi connectivity index (χ3v) is 3.66. The number of likely N-dealkylation sites (tertiary alicyclic amines) is 1. The van der Waals surface area contributed by atoms with Crippen LogP contribution in [0.25, 0.3) is 0 Å². The average molecular weight is 271 g/mol. The first-order valence-electron chi connectivity index (χ1n) is 6.29. The number of carbonyl (C=O) groups excluding carboxylic acids is 2. The molecule has 0 radical (unpaired) electrons. The van der Waals surface area contributed by atoms with Crippen molar-refractivity contribution in [3.63, 3.8) is 0 Å². The van der Waals surface area contributed by atoms with Gasteiger partial charge >= 0.3 is 5.97 Å². The summed E-state index contributed by atoms with van der Waals surface area (Å²) < 4.78 is 0. The predicted octanol–water partition coefficient (Wildman–Crippen LogP) is -0.414. The third-order valence-electron chi connectivity index (χ3n) is 3.66. The summed E-state index contributed by atoms with van der Waals surface area (Å²) in [5, 5.41) is 9.38. The largest absolute Gasteiger partial charge is 0.481 e. The Morgan fingerprint density at radius 3 is 2.37 bits per heavy atom. The fourth-order valence-corrected chi connectivity index (χ4v) is 2.34. The molecule has 7 nitrogen and oxygen atoms in total. The first kappa shape index (κ1) is 15.4. The number of nitrogens with zero attached hydrogens (tertiary/aromatic N) is 1. The van der Waals surface area contributed by atoms with Gasteiger partial charge in [0.2, 0.25) is 5.91 Å². The van der Waals surface area contributed by atoms with E-state index in [2.05, 4.69) is 10.9 Å². The number of hydrogen-bond acceptors (Lipinski definition) is 4. The van der Waals surface area contributed by atoms with Gasteiger partial charge in [-0.05, 0) is 18.9 Å². The van der Waals surface area contributed by atoms with Gasteiger partial charge in [0.1, 0.15) is 0 Å². The molecule has 7 heteroatoms. The van der Waals surface area contributed by atoms with Crippen LogP contribution in [0, 0.1) is 11.3 Å². The van der Waals surface area contributed by atoms with Crippen molar-refractivity contribution in [2.24, 2.45) is 11.3 Å². The molecule has 1 saturated heterocycles. The molecule has 1 rings (SSSR count). The zero-order valence-electron chi connectivity index (χ0n) is 11.5. The summed E-state index contributed by atoms with van der Waals surface area (Å²) in [4.78, 5) is 35.4. The highest BCUT2D eigenvalue weighted by Gasteiger charge is 2.47. The number of carboxylic acids is 1. The molecule has 0 bridgehead atoms. The van der Waals surface area contributed by atoms with Crippen LogP contribution < -0.4 is 10.9 Å². The van der Waals surface area contributed by atoms with Gasteiger partial charge in [-0.1, -0.05) is 13.8 Å². The zero-order valence-corrected chi connectivity index (χ0v) is 11.5. The van der Waals surface area contributed by atoms with Crippen molar-refractivity contribution in [3.8, 4) is 0 Å². The van der Waals surface area contributed by atoms with E-state index in [4.69, 9.17) is 0 Å². The highest BCUT2D eigenvalue weighted by Crippen LogP contribution is 2.37. The van der Waals surface area contributed by atoms with Gasteiger partial charge in [0.15, 0.2) is 0 Å². The molecule has 0 spiro atoms. The van der Waals surface area contributed by atoms with Crippen molar-refractivity contribution in [1.29, 1.82) is 0 Å². The normalized spacial score (nSPS) is 23.4. The fourth-order valence-electron chi connectivity index (χ4n) is 2.34. The second kappa shape index (κ2) is 6.01. The van der Waals surface area contributed by atoms with E-state index >= 15 is 0 Å². The average Bonchev–Trinajstić information content (AvgIpc) is 2.71. The Bertz CT molecular complexity index is 383. The van der Waals surface area contributed by atoms with Crippen LogP contribution in [-0.2, 0) is 14.4 Å². The Kier molecular flexibility index (Phi) is 4.88.